The molecular formula is C16H13ClO2. The third-order valence-electron chi connectivity index (χ3n) is 3.29. The Morgan fingerprint density at radius 2 is 1.84 bits per heavy atom. The first-order valence-electron chi connectivity index (χ1n) is 6.05. The summed E-state index contributed by atoms with van der Waals surface area (Å²) in [6, 6.07) is 16.7. The predicted octanol–water partition coefficient (Wildman–Crippen LogP) is 4.34. The Morgan fingerprint density at radius 3 is 2.58 bits per heavy atom. The van der Waals surface area contributed by atoms with Crippen molar-refractivity contribution in [3.8, 4) is 0 Å². The molecule has 3 aromatic rings. The lowest BCUT2D eigenvalue weighted by Crippen LogP contribution is -2.21. The van der Waals surface area contributed by atoms with Gasteiger partial charge in [0.1, 0.15) is 16.9 Å². The Kier molecular flexibility index (Phi) is 2.85. The molecule has 0 saturated carbocycles. The second kappa shape index (κ2) is 4.41. The lowest BCUT2D eigenvalue weighted by molar-refractivity contribution is 0.0786. The molecule has 0 bridgehead atoms. The van der Waals surface area contributed by atoms with Crippen LogP contribution in [0, 0.1) is 0 Å². The smallest absolute Gasteiger partial charge is 0.144 e. The van der Waals surface area contributed by atoms with Crippen LogP contribution in [0.15, 0.2) is 59.0 Å². The fourth-order valence-electron chi connectivity index (χ4n) is 2.16. The van der Waals surface area contributed by atoms with E-state index >= 15 is 0 Å². The third kappa shape index (κ3) is 2.14. The van der Waals surface area contributed by atoms with E-state index < -0.39 is 5.60 Å². The van der Waals surface area contributed by atoms with Crippen molar-refractivity contribution in [1.82, 2.24) is 0 Å². The molecule has 0 spiro atoms. The summed E-state index contributed by atoms with van der Waals surface area (Å²) < 4.78 is 5.73. The molecule has 0 aliphatic carbocycles. The number of fused-ring (bicyclic) bond motifs is 1. The Balaban J connectivity index is 2.13. The summed E-state index contributed by atoms with van der Waals surface area (Å²) in [6.45, 7) is 1.70. The highest BCUT2D eigenvalue weighted by molar-refractivity contribution is 6.30. The van der Waals surface area contributed by atoms with Crippen LogP contribution >= 0.6 is 11.6 Å². The Hall–Kier alpha value is -1.77. The highest BCUT2D eigenvalue weighted by atomic mass is 35.5. The van der Waals surface area contributed by atoms with Crippen molar-refractivity contribution >= 4 is 22.6 Å². The maximum atomic E-state index is 10.7. The molecule has 0 aliphatic rings. The van der Waals surface area contributed by atoms with Gasteiger partial charge in [0.2, 0.25) is 0 Å². The van der Waals surface area contributed by atoms with Gasteiger partial charge in [0, 0.05) is 10.4 Å². The first-order chi connectivity index (χ1) is 9.07. The van der Waals surface area contributed by atoms with E-state index in [1.807, 2.05) is 42.5 Å². The summed E-state index contributed by atoms with van der Waals surface area (Å²) in [7, 11) is 0. The molecule has 1 heterocycles. The predicted molar refractivity (Wildman–Crippen MR) is 76.3 cm³/mol. The SMILES string of the molecule is CC(O)(c1cccc(Cl)c1)c1cc2ccccc2o1. The van der Waals surface area contributed by atoms with Crippen molar-refractivity contribution in [2.45, 2.75) is 12.5 Å². The van der Waals surface area contributed by atoms with Gasteiger partial charge >= 0.3 is 0 Å². The van der Waals surface area contributed by atoms with Gasteiger partial charge in [-0.05, 0) is 36.8 Å². The van der Waals surface area contributed by atoms with Crippen LogP contribution < -0.4 is 0 Å². The maximum Gasteiger partial charge on any atom is 0.144 e. The average molecular weight is 273 g/mol. The van der Waals surface area contributed by atoms with Crippen LogP contribution in [0.2, 0.25) is 5.02 Å². The van der Waals surface area contributed by atoms with Crippen molar-refractivity contribution in [1.29, 1.82) is 0 Å². The molecular weight excluding hydrogens is 260 g/mol. The summed E-state index contributed by atoms with van der Waals surface area (Å²) >= 11 is 5.98. The van der Waals surface area contributed by atoms with Crippen molar-refractivity contribution in [3.05, 3.63) is 70.9 Å². The van der Waals surface area contributed by atoms with E-state index in [0.29, 0.717) is 16.3 Å². The van der Waals surface area contributed by atoms with Crippen LogP contribution in [-0.4, -0.2) is 5.11 Å². The normalized spacial score (nSPS) is 14.5. The quantitative estimate of drug-likeness (QED) is 0.753. The number of furan rings is 1. The fourth-order valence-corrected chi connectivity index (χ4v) is 2.35. The average Bonchev–Trinajstić information content (AvgIpc) is 2.83. The zero-order valence-corrected chi connectivity index (χ0v) is 11.2. The van der Waals surface area contributed by atoms with E-state index in [9.17, 15) is 5.11 Å². The molecule has 0 amide bonds. The molecule has 1 atom stereocenters. The molecule has 96 valence electrons. The second-order valence-corrected chi connectivity index (χ2v) is 5.17. The van der Waals surface area contributed by atoms with E-state index in [4.69, 9.17) is 16.0 Å². The lowest BCUT2D eigenvalue weighted by Gasteiger charge is -2.21. The topological polar surface area (TPSA) is 33.4 Å². The number of hydrogen-bond donors (Lipinski definition) is 1. The Morgan fingerprint density at radius 1 is 1.05 bits per heavy atom. The highest BCUT2D eigenvalue weighted by Crippen LogP contribution is 2.34. The number of halogens is 1. The molecule has 3 rings (SSSR count). The molecule has 0 aliphatic heterocycles. The van der Waals surface area contributed by atoms with Crippen LogP contribution in [-0.2, 0) is 5.60 Å². The summed E-state index contributed by atoms with van der Waals surface area (Å²) in [5.41, 5.74) is 0.267. The maximum absolute atomic E-state index is 10.7. The van der Waals surface area contributed by atoms with Gasteiger partial charge in [-0.25, -0.2) is 0 Å². The minimum absolute atomic E-state index is 0.510. The van der Waals surface area contributed by atoms with Gasteiger partial charge in [0.25, 0.3) is 0 Å². The van der Waals surface area contributed by atoms with E-state index in [2.05, 4.69) is 0 Å². The monoisotopic (exact) mass is 272 g/mol. The molecule has 0 fully saturated rings. The van der Waals surface area contributed by atoms with Gasteiger partial charge in [-0.1, -0.05) is 41.9 Å². The molecule has 19 heavy (non-hydrogen) atoms. The molecule has 0 radical (unpaired) electrons. The summed E-state index contributed by atoms with van der Waals surface area (Å²) in [6.07, 6.45) is 0. The highest BCUT2D eigenvalue weighted by Gasteiger charge is 2.29. The van der Waals surface area contributed by atoms with Crippen molar-refractivity contribution < 1.29 is 9.52 Å². The molecule has 1 N–H and O–H groups in total. The largest absolute Gasteiger partial charge is 0.458 e. The van der Waals surface area contributed by atoms with Crippen molar-refractivity contribution in [2.75, 3.05) is 0 Å². The minimum Gasteiger partial charge on any atom is -0.458 e. The van der Waals surface area contributed by atoms with Gasteiger partial charge in [0.05, 0.1) is 0 Å². The molecule has 3 heteroatoms. The lowest BCUT2D eigenvalue weighted by atomic mass is 9.93. The number of para-hydroxylation sites is 1. The Bertz CT molecular complexity index is 695. The van der Waals surface area contributed by atoms with Gasteiger partial charge in [-0.15, -0.1) is 0 Å². The first kappa shape index (κ1) is 12.3. The van der Waals surface area contributed by atoms with E-state index in [1.54, 1.807) is 19.1 Å². The van der Waals surface area contributed by atoms with Gasteiger partial charge < -0.3 is 9.52 Å². The zero-order valence-electron chi connectivity index (χ0n) is 10.4. The first-order valence-corrected chi connectivity index (χ1v) is 6.42. The van der Waals surface area contributed by atoms with Crippen LogP contribution in [0.4, 0.5) is 0 Å². The third-order valence-corrected chi connectivity index (χ3v) is 3.53. The van der Waals surface area contributed by atoms with Crippen molar-refractivity contribution in [2.24, 2.45) is 0 Å². The summed E-state index contributed by atoms with van der Waals surface area (Å²) in [5.74, 6) is 0.510. The van der Waals surface area contributed by atoms with Crippen LogP contribution in [0.25, 0.3) is 11.0 Å². The zero-order chi connectivity index (χ0) is 13.5. The van der Waals surface area contributed by atoms with Crippen LogP contribution in [0.3, 0.4) is 0 Å². The van der Waals surface area contributed by atoms with E-state index in [0.717, 1.165) is 11.0 Å². The molecule has 1 aromatic heterocycles. The fraction of sp³-hybridized carbons (Fsp3) is 0.125. The van der Waals surface area contributed by atoms with E-state index in [1.165, 1.54) is 0 Å². The Labute approximate surface area is 116 Å². The molecule has 0 saturated heterocycles. The number of rotatable bonds is 2. The minimum atomic E-state index is -1.20. The van der Waals surface area contributed by atoms with Gasteiger partial charge in [-0.3, -0.25) is 0 Å². The molecule has 2 aromatic carbocycles. The van der Waals surface area contributed by atoms with Crippen LogP contribution in [0.5, 0.6) is 0 Å². The van der Waals surface area contributed by atoms with Gasteiger partial charge in [-0.2, -0.15) is 0 Å². The number of hydrogen-bond acceptors (Lipinski definition) is 2. The summed E-state index contributed by atoms with van der Waals surface area (Å²) in [4.78, 5) is 0. The molecule has 2 nitrogen and oxygen atoms in total. The second-order valence-electron chi connectivity index (χ2n) is 4.73. The van der Waals surface area contributed by atoms with E-state index in [-0.39, 0.29) is 0 Å². The number of aliphatic hydroxyl groups is 1. The van der Waals surface area contributed by atoms with Crippen molar-refractivity contribution in [3.63, 3.8) is 0 Å². The van der Waals surface area contributed by atoms with Gasteiger partial charge in [0.15, 0.2) is 0 Å². The van der Waals surface area contributed by atoms with Crippen LogP contribution in [0.1, 0.15) is 18.2 Å². The standard InChI is InChI=1S/C16H13ClO2/c1-16(18,12-6-4-7-13(17)10-12)15-9-11-5-2-3-8-14(11)19-15/h2-10,18H,1H3. The molecule has 1 unspecified atom stereocenters. The number of benzene rings is 2. The summed E-state index contributed by atoms with van der Waals surface area (Å²) in [5, 5.41) is 12.3.